The number of benzene rings is 2. The molecule has 0 aliphatic carbocycles. The van der Waals surface area contributed by atoms with E-state index in [4.69, 9.17) is 18.9 Å². The largest absolute Gasteiger partial charge is 0.468 e. The van der Waals surface area contributed by atoms with E-state index in [0.29, 0.717) is 11.5 Å². The van der Waals surface area contributed by atoms with Crippen LogP contribution in [-0.4, -0.2) is 34.0 Å². The summed E-state index contributed by atoms with van der Waals surface area (Å²) in [6.07, 6.45) is -4.49. The molecule has 7 heteroatoms. The first-order valence-electron chi connectivity index (χ1n) is 7.84. The van der Waals surface area contributed by atoms with Gasteiger partial charge in [0.25, 0.3) is 0 Å². The van der Waals surface area contributed by atoms with Gasteiger partial charge in [-0.15, -0.1) is 0 Å². The first-order valence-corrected chi connectivity index (χ1v) is 7.84. The molecule has 0 amide bonds. The molecule has 0 atom stereocenters. The van der Waals surface area contributed by atoms with E-state index >= 15 is 0 Å². The molecule has 0 heterocycles. The Bertz CT molecular complexity index is 630. The molecular weight excluding hydrogens is 349 g/mol. The molecule has 142 valence electrons. The average Bonchev–Trinajstić information content (AvgIpc) is 2.64. The lowest BCUT2D eigenvalue weighted by molar-refractivity contribution is -0.173. The second-order valence-corrected chi connectivity index (χ2v) is 5.77. The van der Waals surface area contributed by atoms with Gasteiger partial charge in [-0.1, -0.05) is 24.3 Å². The molecule has 4 nitrogen and oxygen atoms in total. The van der Waals surface area contributed by atoms with Gasteiger partial charge in [-0.2, -0.15) is 13.2 Å². The van der Waals surface area contributed by atoms with Crippen LogP contribution in [0.15, 0.2) is 48.5 Å². The fraction of sp³-hybridized carbons (Fsp3) is 0.368. The Morgan fingerprint density at radius 2 is 1.04 bits per heavy atom. The molecule has 0 saturated carbocycles. The Balaban J connectivity index is 2.36. The Labute approximate surface area is 150 Å². The van der Waals surface area contributed by atoms with Crippen molar-refractivity contribution in [2.45, 2.75) is 18.5 Å². The third-order valence-electron chi connectivity index (χ3n) is 4.12. The van der Waals surface area contributed by atoms with Gasteiger partial charge in [-0.25, -0.2) is 0 Å². The maximum absolute atomic E-state index is 14.0. The van der Waals surface area contributed by atoms with E-state index in [0.717, 1.165) is 6.92 Å². The second-order valence-electron chi connectivity index (χ2n) is 5.77. The van der Waals surface area contributed by atoms with Crippen molar-refractivity contribution in [1.82, 2.24) is 0 Å². The zero-order valence-electron chi connectivity index (χ0n) is 14.8. The van der Waals surface area contributed by atoms with E-state index in [9.17, 15) is 13.2 Å². The molecule has 0 saturated heterocycles. The minimum atomic E-state index is -4.49. The van der Waals surface area contributed by atoms with Crippen molar-refractivity contribution in [3.63, 3.8) is 0 Å². The number of methoxy groups -OCH3 is 2. The number of hydrogen-bond donors (Lipinski definition) is 0. The van der Waals surface area contributed by atoms with E-state index in [-0.39, 0.29) is 24.7 Å². The highest BCUT2D eigenvalue weighted by Crippen LogP contribution is 2.46. The monoisotopic (exact) mass is 370 g/mol. The summed E-state index contributed by atoms with van der Waals surface area (Å²) in [4.78, 5) is 0. The van der Waals surface area contributed by atoms with Crippen LogP contribution in [0.1, 0.15) is 18.1 Å². The fourth-order valence-corrected chi connectivity index (χ4v) is 2.52. The predicted molar refractivity (Wildman–Crippen MR) is 90.4 cm³/mol. The van der Waals surface area contributed by atoms with Gasteiger partial charge < -0.3 is 18.9 Å². The number of alkyl halides is 3. The maximum Gasteiger partial charge on any atom is 0.402 e. The van der Waals surface area contributed by atoms with Gasteiger partial charge in [-0.05, 0) is 42.3 Å². The van der Waals surface area contributed by atoms with Gasteiger partial charge in [-0.3, -0.25) is 0 Å². The smallest absolute Gasteiger partial charge is 0.402 e. The first-order chi connectivity index (χ1) is 12.3. The summed E-state index contributed by atoms with van der Waals surface area (Å²) in [5.74, 6) is 0.867. The van der Waals surface area contributed by atoms with E-state index < -0.39 is 11.6 Å². The van der Waals surface area contributed by atoms with Gasteiger partial charge >= 0.3 is 6.18 Å². The molecule has 2 rings (SSSR count). The van der Waals surface area contributed by atoms with Crippen LogP contribution in [0.25, 0.3) is 0 Å². The number of hydrogen-bond acceptors (Lipinski definition) is 4. The Hall–Kier alpha value is -2.25. The zero-order valence-corrected chi connectivity index (χ0v) is 14.8. The molecule has 0 aliphatic rings. The van der Waals surface area contributed by atoms with Crippen molar-refractivity contribution in [2.75, 3.05) is 27.8 Å². The summed E-state index contributed by atoms with van der Waals surface area (Å²) < 4.78 is 62.0. The second kappa shape index (κ2) is 8.42. The molecular formula is C19H21F3O4. The highest BCUT2D eigenvalue weighted by molar-refractivity contribution is 5.44. The standard InChI is InChI=1S/C19H21F3O4/c1-18(19(20,21)22,14-4-8-16(9-5-14)25-12-23-2)15-6-10-17(11-7-15)26-13-24-3/h4-11H,12-13H2,1-3H3. The third-order valence-corrected chi connectivity index (χ3v) is 4.12. The topological polar surface area (TPSA) is 36.9 Å². The van der Waals surface area contributed by atoms with Crippen LogP contribution in [-0.2, 0) is 14.9 Å². The summed E-state index contributed by atoms with van der Waals surface area (Å²) >= 11 is 0. The van der Waals surface area contributed by atoms with Crippen molar-refractivity contribution in [3.05, 3.63) is 59.7 Å². The summed E-state index contributed by atoms with van der Waals surface area (Å²) in [5.41, 5.74) is -1.95. The lowest BCUT2D eigenvalue weighted by Gasteiger charge is -2.33. The Morgan fingerprint density at radius 1 is 0.692 bits per heavy atom. The normalized spacial score (nSPS) is 12.1. The zero-order chi connectivity index (χ0) is 19.2. The van der Waals surface area contributed by atoms with Gasteiger partial charge in [0.15, 0.2) is 13.6 Å². The Morgan fingerprint density at radius 3 is 1.31 bits per heavy atom. The SMILES string of the molecule is COCOc1ccc(C(C)(c2ccc(OCOC)cc2)C(F)(F)F)cc1. The lowest BCUT2D eigenvalue weighted by Crippen LogP contribution is -2.40. The summed E-state index contributed by atoms with van der Waals surface area (Å²) in [6.45, 7) is 1.21. The molecule has 0 radical (unpaired) electrons. The van der Waals surface area contributed by atoms with Gasteiger partial charge in [0.1, 0.15) is 16.9 Å². The number of ether oxygens (including phenoxy) is 4. The van der Waals surface area contributed by atoms with Gasteiger partial charge in [0.2, 0.25) is 0 Å². The van der Waals surface area contributed by atoms with Crippen molar-refractivity contribution in [1.29, 1.82) is 0 Å². The summed E-state index contributed by atoms with van der Waals surface area (Å²) in [5, 5.41) is 0. The van der Waals surface area contributed by atoms with Crippen LogP contribution >= 0.6 is 0 Å². The quantitative estimate of drug-likeness (QED) is 0.640. The summed E-state index contributed by atoms with van der Waals surface area (Å²) in [7, 11) is 2.93. The Kier molecular flexibility index (Phi) is 6.50. The van der Waals surface area contributed by atoms with Crippen molar-refractivity contribution in [3.8, 4) is 11.5 Å². The minimum absolute atomic E-state index is 0.0266. The molecule has 0 bridgehead atoms. The molecule has 0 spiro atoms. The molecule has 26 heavy (non-hydrogen) atoms. The van der Waals surface area contributed by atoms with Crippen LogP contribution in [0.2, 0.25) is 0 Å². The molecule has 0 unspecified atom stereocenters. The number of halogens is 3. The van der Waals surface area contributed by atoms with E-state index in [2.05, 4.69) is 0 Å². The van der Waals surface area contributed by atoms with Gasteiger partial charge in [0, 0.05) is 14.2 Å². The third kappa shape index (κ3) is 4.28. The van der Waals surface area contributed by atoms with Gasteiger partial charge in [0.05, 0.1) is 0 Å². The van der Waals surface area contributed by atoms with Crippen LogP contribution < -0.4 is 9.47 Å². The minimum Gasteiger partial charge on any atom is -0.468 e. The van der Waals surface area contributed by atoms with Crippen LogP contribution in [0.4, 0.5) is 13.2 Å². The van der Waals surface area contributed by atoms with Crippen LogP contribution in [0, 0.1) is 0 Å². The maximum atomic E-state index is 14.0. The summed E-state index contributed by atoms with van der Waals surface area (Å²) in [6, 6.07) is 11.6. The molecule has 0 fully saturated rings. The highest BCUT2D eigenvalue weighted by Gasteiger charge is 2.53. The van der Waals surface area contributed by atoms with Crippen molar-refractivity contribution < 1.29 is 32.1 Å². The van der Waals surface area contributed by atoms with E-state index in [1.807, 2.05) is 0 Å². The molecule has 0 aliphatic heterocycles. The molecule has 0 N–H and O–H groups in total. The first kappa shape index (κ1) is 20.1. The van der Waals surface area contributed by atoms with Crippen molar-refractivity contribution >= 4 is 0 Å². The lowest BCUT2D eigenvalue weighted by atomic mass is 9.75. The molecule has 2 aromatic rings. The van der Waals surface area contributed by atoms with Crippen LogP contribution in [0.5, 0.6) is 11.5 Å². The highest BCUT2D eigenvalue weighted by atomic mass is 19.4. The molecule has 2 aromatic carbocycles. The van der Waals surface area contributed by atoms with Crippen LogP contribution in [0.3, 0.4) is 0 Å². The predicted octanol–water partition coefficient (Wildman–Crippen LogP) is 4.52. The average molecular weight is 370 g/mol. The van der Waals surface area contributed by atoms with E-state index in [1.54, 1.807) is 0 Å². The fourth-order valence-electron chi connectivity index (χ4n) is 2.52. The molecule has 0 aromatic heterocycles. The number of rotatable bonds is 8. The van der Waals surface area contributed by atoms with Crippen molar-refractivity contribution in [2.24, 2.45) is 0 Å². The van der Waals surface area contributed by atoms with E-state index in [1.165, 1.54) is 62.8 Å².